The van der Waals surface area contributed by atoms with Crippen LogP contribution in [-0.4, -0.2) is 23.3 Å². The molecule has 0 spiro atoms. The van der Waals surface area contributed by atoms with Crippen molar-refractivity contribution in [3.8, 4) is 0 Å². The van der Waals surface area contributed by atoms with E-state index in [9.17, 15) is 14.0 Å². The molecule has 4 nitrogen and oxygen atoms in total. The average Bonchev–Trinajstić information content (AvgIpc) is 2.82. The molecule has 0 bridgehead atoms. The van der Waals surface area contributed by atoms with Gasteiger partial charge in [0.15, 0.2) is 5.67 Å². The van der Waals surface area contributed by atoms with Crippen LogP contribution in [0.25, 0.3) is 0 Å². The van der Waals surface area contributed by atoms with Gasteiger partial charge in [0, 0.05) is 5.92 Å². The lowest BCUT2D eigenvalue weighted by atomic mass is 9.80. The van der Waals surface area contributed by atoms with Crippen molar-refractivity contribution in [1.82, 2.24) is 0 Å². The standard InChI is InChI=1S/C17H19F2NO3/c1-16(2,3)23-15(22)20-13-10(6-4-8-12(13)18)11-7-5-9-17(11,19)14(20)21/h4,6,8,11H,5,7,9H2,1-3H3. The highest BCUT2D eigenvalue weighted by molar-refractivity contribution is 6.18. The quantitative estimate of drug-likeness (QED) is 0.722. The third-order valence-electron chi connectivity index (χ3n) is 4.34. The highest BCUT2D eigenvalue weighted by atomic mass is 19.1. The molecule has 1 aliphatic heterocycles. The van der Waals surface area contributed by atoms with Gasteiger partial charge in [-0.1, -0.05) is 12.1 Å². The summed E-state index contributed by atoms with van der Waals surface area (Å²) in [6.45, 7) is 4.89. The first-order valence-corrected chi connectivity index (χ1v) is 7.70. The molecule has 0 N–H and O–H groups in total. The van der Waals surface area contributed by atoms with Gasteiger partial charge >= 0.3 is 6.09 Å². The van der Waals surface area contributed by atoms with E-state index in [0.29, 0.717) is 23.3 Å². The number of ether oxygens (including phenoxy) is 1. The fourth-order valence-corrected chi connectivity index (χ4v) is 3.44. The van der Waals surface area contributed by atoms with Gasteiger partial charge in [-0.3, -0.25) is 4.79 Å². The number of rotatable bonds is 0. The second kappa shape index (κ2) is 5.01. The van der Waals surface area contributed by atoms with Crippen LogP contribution in [0.5, 0.6) is 0 Å². The van der Waals surface area contributed by atoms with Crippen LogP contribution in [0.1, 0.15) is 51.5 Å². The smallest absolute Gasteiger partial charge is 0.421 e. The molecule has 23 heavy (non-hydrogen) atoms. The van der Waals surface area contributed by atoms with E-state index in [2.05, 4.69) is 0 Å². The molecule has 1 aliphatic carbocycles. The highest BCUT2D eigenvalue weighted by Crippen LogP contribution is 2.53. The highest BCUT2D eigenvalue weighted by Gasteiger charge is 2.58. The van der Waals surface area contributed by atoms with E-state index in [0.717, 1.165) is 6.07 Å². The van der Waals surface area contributed by atoms with E-state index in [4.69, 9.17) is 4.74 Å². The van der Waals surface area contributed by atoms with Gasteiger partial charge in [-0.15, -0.1) is 0 Å². The maximum Gasteiger partial charge on any atom is 0.421 e. The van der Waals surface area contributed by atoms with Gasteiger partial charge in [0.25, 0.3) is 5.91 Å². The molecule has 0 aromatic heterocycles. The fourth-order valence-electron chi connectivity index (χ4n) is 3.44. The molecule has 1 saturated carbocycles. The summed E-state index contributed by atoms with van der Waals surface area (Å²) in [5, 5.41) is 0. The molecule has 2 unspecified atom stereocenters. The van der Waals surface area contributed by atoms with Crippen molar-refractivity contribution in [3.05, 3.63) is 29.6 Å². The van der Waals surface area contributed by atoms with Crippen LogP contribution in [0.15, 0.2) is 18.2 Å². The lowest BCUT2D eigenvalue weighted by Gasteiger charge is -2.39. The van der Waals surface area contributed by atoms with Crippen molar-refractivity contribution in [2.45, 2.75) is 57.2 Å². The second-order valence-corrected chi connectivity index (χ2v) is 7.11. The van der Waals surface area contributed by atoms with Gasteiger partial charge < -0.3 is 4.74 Å². The van der Waals surface area contributed by atoms with Crippen LogP contribution in [0, 0.1) is 5.82 Å². The summed E-state index contributed by atoms with van der Waals surface area (Å²) < 4.78 is 34.8. The molecule has 124 valence electrons. The number of para-hydroxylation sites is 1. The van der Waals surface area contributed by atoms with Crippen LogP contribution in [-0.2, 0) is 9.53 Å². The maximum atomic E-state index is 15.3. The van der Waals surface area contributed by atoms with Crippen LogP contribution in [0.4, 0.5) is 19.3 Å². The van der Waals surface area contributed by atoms with Gasteiger partial charge in [0.05, 0.1) is 5.69 Å². The van der Waals surface area contributed by atoms with Crippen LogP contribution in [0.2, 0.25) is 0 Å². The molecule has 2 amide bonds. The van der Waals surface area contributed by atoms with E-state index in [-0.39, 0.29) is 12.1 Å². The number of hydrogen-bond donors (Lipinski definition) is 0. The zero-order valence-electron chi connectivity index (χ0n) is 13.4. The van der Waals surface area contributed by atoms with Gasteiger partial charge in [-0.2, -0.15) is 0 Å². The summed E-state index contributed by atoms with van der Waals surface area (Å²) in [5.74, 6) is -2.46. The predicted octanol–water partition coefficient (Wildman–Crippen LogP) is 4.08. The number of fused-ring (bicyclic) bond motifs is 3. The number of hydrogen-bond acceptors (Lipinski definition) is 3. The number of carbonyl (C=O) groups excluding carboxylic acids is 2. The minimum atomic E-state index is -2.17. The molecule has 2 atom stereocenters. The molecule has 1 aromatic carbocycles. The number of anilines is 1. The van der Waals surface area contributed by atoms with Crippen LogP contribution in [0.3, 0.4) is 0 Å². The first-order chi connectivity index (χ1) is 10.6. The zero-order chi connectivity index (χ0) is 17.0. The fraction of sp³-hybridized carbons (Fsp3) is 0.529. The van der Waals surface area contributed by atoms with Crippen LogP contribution >= 0.6 is 0 Å². The Kier molecular flexibility index (Phi) is 3.46. The van der Waals surface area contributed by atoms with Crippen molar-refractivity contribution in [3.63, 3.8) is 0 Å². The molecule has 2 aliphatic rings. The van der Waals surface area contributed by atoms with Crippen molar-refractivity contribution in [2.75, 3.05) is 4.90 Å². The topological polar surface area (TPSA) is 46.6 Å². The van der Waals surface area contributed by atoms with E-state index in [1.807, 2.05) is 0 Å². The molecule has 1 aromatic rings. The minimum absolute atomic E-state index is 0.0335. The molecule has 0 radical (unpaired) electrons. The number of nitrogens with zero attached hydrogens (tertiary/aromatic N) is 1. The average molecular weight is 323 g/mol. The number of halogens is 2. The Morgan fingerprint density at radius 2 is 2.09 bits per heavy atom. The lowest BCUT2D eigenvalue weighted by Crippen LogP contribution is -2.55. The summed E-state index contributed by atoms with van der Waals surface area (Å²) >= 11 is 0. The molecule has 0 saturated heterocycles. The molecule has 1 fully saturated rings. The van der Waals surface area contributed by atoms with Crippen molar-refractivity contribution >= 4 is 17.7 Å². The summed E-state index contributed by atoms with van der Waals surface area (Å²) in [6, 6.07) is 4.20. The zero-order valence-corrected chi connectivity index (χ0v) is 13.4. The Balaban J connectivity index is 2.14. The van der Waals surface area contributed by atoms with E-state index in [1.54, 1.807) is 26.8 Å². The summed E-state index contributed by atoms with van der Waals surface area (Å²) in [7, 11) is 0. The van der Waals surface area contributed by atoms with E-state index in [1.165, 1.54) is 6.07 Å². The van der Waals surface area contributed by atoms with Crippen molar-refractivity contribution in [1.29, 1.82) is 0 Å². The number of amides is 2. The van der Waals surface area contributed by atoms with E-state index >= 15 is 4.39 Å². The third-order valence-corrected chi connectivity index (χ3v) is 4.34. The molecule has 1 heterocycles. The summed E-state index contributed by atoms with van der Waals surface area (Å²) in [6.07, 6.45) is -0.0336. The Morgan fingerprint density at radius 1 is 1.39 bits per heavy atom. The van der Waals surface area contributed by atoms with Gasteiger partial charge in [0.1, 0.15) is 11.4 Å². The summed E-state index contributed by atoms with van der Waals surface area (Å²) in [4.78, 5) is 25.6. The van der Waals surface area contributed by atoms with Gasteiger partial charge in [-0.05, 0) is 51.7 Å². The molecular formula is C17H19F2NO3. The monoisotopic (exact) mass is 323 g/mol. The number of imide groups is 1. The first kappa shape index (κ1) is 15.9. The number of carbonyl (C=O) groups is 2. The maximum absolute atomic E-state index is 15.3. The predicted molar refractivity (Wildman–Crippen MR) is 80.6 cm³/mol. The molecular weight excluding hydrogens is 304 g/mol. The Morgan fingerprint density at radius 3 is 2.74 bits per heavy atom. The second-order valence-electron chi connectivity index (χ2n) is 7.11. The molecule has 3 rings (SSSR count). The van der Waals surface area contributed by atoms with E-state index < -0.39 is 35.0 Å². The van der Waals surface area contributed by atoms with Crippen LogP contribution < -0.4 is 4.90 Å². The largest absolute Gasteiger partial charge is 0.443 e. The first-order valence-electron chi connectivity index (χ1n) is 7.70. The lowest BCUT2D eigenvalue weighted by molar-refractivity contribution is -0.131. The number of alkyl halides is 1. The van der Waals surface area contributed by atoms with Gasteiger partial charge in [-0.25, -0.2) is 18.5 Å². The Hall–Kier alpha value is -1.98. The SMILES string of the molecule is CC(C)(C)OC(=O)N1C(=O)C2(F)CCCC2c2cccc(F)c21. The minimum Gasteiger partial charge on any atom is -0.443 e. The van der Waals surface area contributed by atoms with Crippen molar-refractivity contribution < 1.29 is 23.1 Å². The number of benzene rings is 1. The molecule has 6 heteroatoms. The summed E-state index contributed by atoms with van der Waals surface area (Å²) in [5.41, 5.74) is -2.86. The van der Waals surface area contributed by atoms with Gasteiger partial charge in [0.2, 0.25) is 0 Å². The third kappa shape index (κ3) is 2.40. The van der Waals surface area contributed by atoms with Crippen molar-refractivity contribution in [2.24, 2.45) is 0 Å². The normalized spacial score (nSPS) is 26.7. The Labute approximate surface area is 133 Å². The Bertz CT molecular complexity index is 683.